The molecule has 0 fully saturated rings. The van der Waals surface area contributed by atoms with Gasteiger partial charge in [-0.2, -0.15) is 13.2 Å². The van der Waals surface area contributed by atoms with Crippen LogP contribution < -0.4 is 11.1 Å². The molecule has 0 aromatic rings. The highest BCUT2D eigenvalue weighted by Crippen LogP contribution is 2.29. The summed E-state index contributed by atoms with van der Waals surface area (Å²) in [6.07, 6.45) is -4.90. The first kappa shape index (κ1) is 11.7. The quantitative estimate of drug-likeness (QED) is 0.651. The zero-order chi connectivity index (χ0) is 10.9. The van der Waals surface area contributed by atoms with E-state index in [0.717, 1.165) is 6.92 Å². The van der Waals surface area contributed by atoms with Crippen molar-refractivity contribution < 1.29 is 22.8 Å². The number of carbonyl (C=O) groups is 2. The molecule has 0 aromatic carbocycles. The summed E-state index contributed by atoms with van der Waals surface area (Å²) in [5.74, 6) is -2.62. The molecular weight excluding hydrogens is 189 g/mol. The summed E-state index contributed by atoms with van der Waals surface area (Å²) in [6.45, 7) is 1.38. The van der Waals surface area contributed by atoms with Gasteiger partial charge in [-0.1, -0.05) is 0 Å². The molecule has 0 radical (unpaired) electrons. The van der Waals surface area contributed by atoms with Crippen LogP contribution >= 0.6 is 0 Å². The van der Waals surface area contributed by atoms with Gasteiger partial charge < -0.3 is 11.1 Å². The van der Waals surface area contributed by atoms with E-state index < -0.39 is 23.5 Å². The van der Waals surface area contributed by atoms with E-state index in [4.69, 9.17) is 0 Å². The van der Waals surface area contributed by atoms with Gasteiger partial charge in [0.25, 0.3) is 5.91 Å². The Morgan fingerprint density at radius 2 is 1.69 bits per heavy atom. The minimum atomic E-state index is -4.90. The van der Waals surface area contributed by atoms with E-state index >= 15 is 0 Å². The summed E-state index contributed by atoms with van der Waals surface area (Å²) in [6, 6.07) is 0. The summed E-state index contributed by atoms with van der Waals surface area (Å²) in [5.41, 5.74) is 1.53. The van der Waals surface area contributed by atoms with E-state index in [1.54, 1.807) is 0 Å². The van der Waals surface area contributed by atoms with Crippen LogP contribution in [-0.2, 0) is 9.59 Å². The summed E-state index contributed by atoms with van der Waals surface area (Å²) >= 11 is 0. The molecule has 4 nitrogen and oxygen atoms in total. The van der Waals surface area contributed by atoms with E-state index in [1.807, 2.05) is 0 Å². The van der Waals surface area contributed by atoms with Crippen LogP contribution in [-0.4, -0.2) is 23.5 Å². The molecule has 0 heterocycles. The molecule has 3 N–H and O–H groups in total. The monoisotopic (exact) mass is 198 g/mol. The fourth-order valence-corrected chi connectivity index (χ4v) is 0.624. The lowest BCUT2D eigenvalue weighted by molar-refractivity contribution is -0.195. The highest BCUT2D eigenvalue weighted by Gasteiger charge is 2.56. The lowest BCUT2D eigenvalue weighted by Gasteiger charge is -2.28. The van der Waals surface area contributed by atoms with Gasteiger partial charge in [0.1, 0.15) is 0 Å². The second kappa shape index (κ2) is 3.23. The van der Waals surface area contributed by atoms with Crippen molar-refractivity contribution in [2.45, 2.75) is 25.6 Å². The number of alkyl halides is 3. The van der Waals surface area contributed by atoms with Crippen LogP contribution in [0, 0.1) is 0 Å². The van der Waals surface area contributed by atoms with E-state index in [9.17, 15) is 22.8 Å². The lowest BCUT2D eigenvalue weighted by Crippen LogP contribution is -2.63. The molecule has 0 aliphatic carbocycles. The largest absolute Gasteiger partial charge is 0.420 e. The van der Waals surface area contributed by atoms with Crippen LogP contribution in [0.4, 0.5) is 13.2 Å². The first-order valence-electron chi connectivity index (χ1n) is 3.26. The Hall–Kier alpha value is -1.27. The Labute approximate surface area is 72.3 Å². The SMILES string of the molecule is CC(=O)NC(C)(C(N)=O)C(F)(F)F. The van der Waals surface area contributed by atoms with Gasteiger partial charge >= 0.3 is 6.18 Å². The minimum Gasteiger partial charge on any atom is -0.367 e. The maximum absolute atomic E-state index is 12.2. The highest BCUT2D eigenvalue weighted by atomic mass is 19.4. The molecule has 1 atom stereocenters. The maximum Gasteiger partial charge on any atom is 0.420 e. The van der Waals surface area contributed by atoms with Crippen LogP contribution in [0.5, 0.6) is 0 Å². The van der Waals surface area contributed by atoms with Gasteiger partial charge in [0.2, 0.25) is 11.4 Å². The number of carbonyl (C=O) groups excluding carboxylic acids is 2. The van der Waals surface area contributed by atoms with Crippen LogP contribution in [0.1, 0.15) is 13.8 Å². The normalized spacial score (nSPS) is 16.1. The minimum absolute atomic E-state index is 0.511. The van der Waals surface area contributed by atoms with E-state index in [2.05, 4.69) is 5.73 Å². The molecule has 0 aromatic heterocycles. The molecule has 2 amide bonds. The Morgan fingerprint density at radius 3 is 1.77 bits per heavy atom. The lowest BCUT2D eigenvalue weighted by atomic mass is 10.0. The number of nitrogens with two attached hydrogens (primary N) is 1. The van der Waals surface area contributed by atoms with Gasteiger partial charge in [-0.05, 0) is 6.92 Å². The summed E-state index contributed by atoms with van der Waals surface area (Å²) in [7, 11) is 0. The average molecular weight is 198 g/mol. The molecule has 7 heteroatoms. The van der Waals surface area contributed by atoms with Gasteiger partial charge in [0.15, 0.2) is 0 Å². The van der Waals surface area contributed by atoms with E-state index in [1.165, 1.54) is 5.32 Å². The third-order valence-electron chi connectivity index (χ3n) is 1.49. The molecule has 0 spiro atoms. The number of amides is 2. The van der Waals surface area contributed by atoms with Gasteiger partial charge in [-0.25, -0.2) is 0 Å². The van der Waals surface area contributed by atoms with Crippen molar-refractivity contribution in [1.29, 1.82) is 0 Å². The van der Waals surface area contributed by atoms with Crippen molar-refractivity contribution in [3.63, 3.8) is 0 Å². The van der Waals surface area contributed by atoms with Gasteiger partial charge in [0, 0.05) is 6.92 Å². The van der Waals surface area contributed by atoms with Crippen molar-refractivity contribution in [2.75, 3.05) is 0 Å². The highest BCUT2D eigenvalue weighted by molar-refractivity contribution is 5.90. The van der Waals surface area contributed by atoms with Crippen molar-refractivity contribution in [3.05, 3.63) is 0 Å². The van der Waals surface area contributed by atoms with Crippen LogP contribution in [0.2, 0.25) is 0 Å². The third-order valence-corrected chi connectivity index (χ3v) is 1.49. The topological polar surface area (TPSA) is 72.2 Å². The molecule has 0 rings (SSSR count). The number of halogens is 3. The molecular formula is C6H9F3N2O2. The maximum atomic E-state index is 12.2. The van der Waals surface area contributed by atoms with Crippen molar-refractivity contribution >= 4 is 11.8 Å². The average Bonchev–Trinajstić information content (AvgIpc) is 1.82. The fourth-order valence-electron chi connectivity index (χ4n) is 0.624. The van der Waals surface area contributed by atoms with Crippen molar-refractivity contribution in [3.8, 4) is 0 Å². The molecule has 1 unspecified atom stereocenters. The zero-order valence-corrected chi connectivity index (χ0v) is 7.03. The molecule has 0 bridgehead atoms. The molecule has 76 valence electrons. The first-order valence-corrected chi connectivity index (χ1v) is 3.26. The second-order valence-electron chi connectivity index (χ2n) is 2.67. The second-order valence-corrected chi connectivity index (χ2v) is 2.67. The fraction of sp³-hybridized carbons (Fsp3) is 0.667. The van der Waals surface area contributed by atoms with Crippen molar-refractivity contribution in [1.82, 2.24) is 5.32 Å². The van der Waals surface area contributed by atoms with Gasteiger partial charge in [-0.3, -0.25) is 9.59 Å². The number of primary amides is 1. The molecule has 0 aliphatic rings. The van der Waals surface area contributed by atoms with E-state index in [-0.39, 0.29) is 0 Å². The number of hydrogen-bond acceptors (Lipinski definition) is 2. The Morgan fingerprint density at radius 1 is 1.31 bits per heavy atom. The summed E-state index contributed by atoms with van der Waals surface area (Å²) < 4.78 is 36.6. The predicted octanol–water partition coefficient (Wildman–Crippen LogP) is -0.0712. The zero-order valence-electron chi connectivity index (χ0n) is 7.03. The number of rotatable bonds is 2. The van der Waals surface area contributed by atoms with Crippen molar-refractivity contribution in [2.24, 2.45) is 5.73 Å². The number of hydrogen-bond donors (Lipinski definition) is 2. The Bertz CT molecular complexity index is 239. The smallest absolute Gasteiger partial charge is 0.367 e. The summed E-state index contributed by atoms with van der Waals surface area (Å²) in [4.78, 5) is 20.9. The predicted molar refractivity (Wildman–Crippen MR) is 37.5 cm³/mol. The molecule has 13 heavy (non-hydrogen) atoms. The van der Waals surface area contributed by atoms with Crippen LogP contribution in [0.25, 0.3) is 0 Å². The van der Waals surface area contributed by atoms with E-state index in [0.29, 0.717) is 6.92 Å². The first-order chi connectivity index (χ1) is 5.61. The Balaban J connectivity index is 4.96. The van der Waals surface area contributed by atoms with Gasteiger partial charge in [-0.15, -0.1) is 0 Å². The van der Waals surface area contributed by atoms with Gasteiger partial charge in [0.05, 0.1) is 0 Å². The van der Waals surface area contributed by atoms with Crippen LogP contribution in [0.3, 0.4) is 0 Å². The number of nitrogens with one attached hydrogen (secondary N) is 1. The molecule has 0 saturated heterocycles. The standard InChI is InChI=1S/C6H9F3N2O2/c1-3(12)11-5(2,4(10)13)6(7,8)9/h1-2H3,(H2,10,13)(H,11,12). The molecule has 0 saturated carbocycles. The molecule has 0 aliphatic heterocycles. The third kappa shape index (κ3) is 2.33. The summed E-state index contributed by atoms with van der Waals surface area (Å²) in [5, 5.41) is 1.46. The van der Waals surface area contributed by atoms with Crippen LogP contribution in [0.15, 0.2) is 0 Å². The Kier molecular flexibility index (Phi) is 2.92.